The summed E-state index contributed by atoms with van der Waals surface area (Å²) in [6, 6.07) is 8.79. The normalized spacial score (nSPS) is 22.3. The fraction of sp³-hybridized carbons (Fsp3) is 0.435. The molecule has 5 atom stereocenters. The van der Waals surface area contributed by atoms with Crippen LogP contribution in [0.1, 0.15) is 33.4 Å². The summed E-state index contributed by atoms with van der Waals surface area (Å²) >= 11 is 0. The van der Waals surface area contributed by atoms with Gasteiger partial charge >= 0.3 is 19.4 Å². The van der Waals surface area contributed by atoms with E-state index < -0.39 is 37.8 Å². The highest BCUT2D eigenvalue weighted by molar-refractivity contribution is 7.52. The Bertz CT molecular complexity index is 1120. The number of nitrogens with zero attached hydrogens (tertiary/aromatic N) is 2. The van der Waals surface area contributed by atoms with Crippen LogP contribution in [0.2, 0.25) is 0 Å². The molecular formula is C23H31N4O7P. The number of hydrogen-bond donors (Lipinski definition) is 2. The molecule has 0 unspecified atom stereocenters. The number of anilines is 1. The van der Waals surface area contributed by atoms with Crippen molar-refractivity contribution in [1.82, 2.24) is 14.6 Å². The van der Waals surface area contributed by atoms with E-state index in [-0.39, 0.29) is 30.2 Å². The number of ether oxygens (including phenoxy) is 2. The van der Waals surface area contributed by atoms with Gasteiger partial charge in [0.25, 0.3) is 0 Å². The Morgan fingerprint density at radius 1 is 1.37 bits per heavy atom. The fourth-order valence-corrected chi connectivity index (χ4v) is 5.05. The van der Waals surface area contributed by atoms with Crippen LogP contribution in [-0.4, -0.2) is 40.4 Å². The number of carbonyl (C=O) groups excluding carboxylic acids is 1. The van der Waals surface area contributed by atoms with Crippen LogP contribution in [0.15, 0.2) is 60.0 Å². The second-order valence-electron chi connectivity index (χ2n) is 8.43. The summed E-state index contributed by atoms with van der Waals surface area (Å²) in [4.78, 5) is 28.4. The quantitative estimate of drug-likeness (QED) is 0.265. The van der Waals surface area contributed by atoms with Gasteiger partial charge in [-0.3, -0.25) is 9.09 Å². The zero-order chi connectivity index (χ0) is 25.6. The van der Waals surface area contributed by atoms with Gasteiger partial charge in [0, 0.05) is 12.1 Å². The van der Waals surface area contributed by atoms with Crippen molar-refractivity contribution in [1.29, 1.82) is 0 Å². The maximum absolute atomic E-state index is 13.7. The van der Waals surface area contributed by atoms with Crippen molar-refractivity contribution in [2.24, 2.45) is 5.92 Å². The second kappa shape index (κ2) is 11.6. The van der Waals surface area contributed by atoms with E-state index in [1.165, 1.54) is 22.9 Å². The second-order valence-corrected chi connectivity index (χ2v) is 10.1. The Balaban J connectivity index is 1.73. The van der Waals surface area contributed by atoms with Crippen LogP contribution in [0.25, 0.3) is 0 Å². The van der Waals surface area contributed by atoms with Crippen molar-refractivity contribution in [3.63, 3.8) is 0 Å². The summed E-state index contributed by atoms with van der Waals surface area (Å²) in [7, 11) is -4.09. The largest absolute Gasteiger partial charge is 0.462 e. The van der Waals surface area contributed by atoms with E-state index in [4.69, 9.17) is 24.3 Å². The number of esters is 1. The SMILES string of the molecule is C=C[C@H](N[P@](=O)(OC[C@@H]1C[C@H](C)[C@H](n2ccc(N)nc2=O)O1)Oc1ccccc1)C(=O)OC(C)C. The highest BCUT2D eigenvalue weighted by Crippen LogP contribution is 2.46. The number of aromatic nitrogens is 2. The van der Waals surface area contributed by atoms with Crippen LogP contribution < -0.4 is 21.0 Å². The van der Waals surface area contributed by atoms with Gasteiger partial charge in [0.2, 0.25) is 0 Å². The van der Waals surface area contributed by atoms with E-state index in [2.05, 4.69) is 16.7 Å². The zero-order valence-electron chi connectivity index (χ0n) is 19.9. The predicted molar refractivity (Wildman–Crippen MR) is 130 cm³/mol. The molecule has 12 heteroatoms. The Kier molecular flexibility index (Phi) is 8.85. The first-order valence-electron chi connectivity index (χ1n) is 11.2. The van der Waals surface area contributed by atoms with Gasteiger partial charge in [-0.2, -0.15) is 10.1 Å². The van der Waals surface area contributed by atoms with Crippen LogP contribution in [0.4, 0.5) is 5.82 Å². The lowest BCUT2D eigenvalue weighted by Gasteiger charge is -2.25. The molecule has 3 N–H and O–H groups in total. The minimum atomic E-state index is -4.09. The van der Waals surface area contributed by atoms with Crippen LogP contribution >= 0.6 is 7.75 Å². The number of nitrogens with one attached hydrogen (secondary N) is 1. The Morgan fingerprint density at radius 2 is 2.09 bits per heavy atom. The molecule has 0 spiro atoms. The van der Waals surface area contributed by atoms with E-state index in [9.17, 15) is 14.2 Å². The highest BCUT2D eigenvalue weighted by Gasteiger charge is 2.38. The molecule has 1 saturated heterocycles. The van der Waals surface area contributed by atoms with E-state index in [1.54, 1.807) is 44.2 Å². The number of nitrogen functional groups attached to an aromatic ring is 1. The lowest BCUT2D eigenvalue weighted by molar-refractivity contribution is -0.148. The molecule has 0 aliphatic carbocycles. The molecule has 1 aromatic heterocycles. The third-order valence-electron chi connectivity index (χ3n) is 5.12. The molecule has 2 aromatic rings. The smallest absolute Gasteiger partial charge is 0.459 e. The van der Waals surface area contributed by atoms with Crippen molar-refractivity contribution >= 4 is 19.5 Å². The van der Waals surface area contributed by atoms with Crippen molar-refractivity contribution in [2.45, 2.75) is 51.7 Å². The van der Waals surface area contributed by atoms with Gasteiger partial charge in [-0.1, -0.05) is 31.2 Å². The fourth-order valence-electron chi connectivity index (χ4n) is 3.55. The molecule has 0 saturated carbocycles. The molecule has 0 bridgehead atoms. The van der Waals surface area contributed by atoms with Crippen molar-refractivity contribution in [2.75, 3.05) is 12.3 Å². The first-order chi connectivity index (χ1) is 16.6. The molecule has 0 radical (unpaired) electrons. The van der Waals surface area contributed by atoms with Gasteiger partial charge in [0.15, 0.2) is 0 Å². The van der Waals surface area contributed by atoms with Crippen molar-refractivity contribution in [3.8, 4) is 5.75 Å². The lowest BCUT2D eigenvalue weighted by atomic mass is 10.1. The van der Waals surface area contributed by atoms with Gasteiger partial charge in [-0.15, -0.1) is 6.58 Å². The Hall–Kier alpha value is -2.98. The molecule has 11 nitrogen and oxygen atoms in total. The summed E-state index contributed by atoms with van der Waals surface area (Å²) < 4.78 is 37.6. The number of hydrogen-bond acceptors (Lipinski definition) is 9. The maximum Gasteiger partial charge on any atom is 0.459 e. The topological polar surface area (TPSA) is 144 Å². The summed E-state index contributed by atoms with van der Waals surface area (Å²) in [5, 5.41) is 2.61. The standard InChI is InChI=1S/C23H31N4O7P/c1-5-19(22(28)32-15(2)3)26-35(30,34-17-9-7-6-8-10-17)31-14-18-13-16(4)21(33-18)27-12-11-20(24)25-23(27)29/h5-12,15-16,18-19,21H,1,13-14H2,2-4H3,(H,26,30)(H2,24,25,29)/t16-,18-,19-,21+,35-/m0/s1. The third-order valence-corrected chi connectivity index (χ3v) is 6.65. The molecule has 35 heavy (non-hydrogen) atoms. The van der Waals surface area contributed by atoms with E-state index in [1.807, 2.05) is 6.92 Å². The van der Waals surface area contributed by atoms with Crippen molar-refractivity contribution in [3.05, 3.63) is 65.7 Å². The number of carbonyl (C=O) groups is 1. The molecule has 190 valence electrons. The van der Waals surface area contributed by atoms with Crippen molar-refractivity contribution < 1.29 is 27.9 Å². The minimum absolute atomic E-state index is 0.0592. The highest BCUT2D eigenvalue weighted by atomic mass is 31.2. The zero-order valence-corrected chi connectivity index (χ0v) is 20.8. The first-order valence-corrected chi connectivity index (χ1v) is 12.7. The molecule has 1 aromatic carbocycles. The summed E-state index contributed by atoms with van der Waals surface area (Å²) in [6.45, 7) is 8.81. The monoisotopic (exact) mass is 506 g/mol. The number of benzene rings is 1. The molecule has 1 aliphatic heterocycles. The Labute approximate surface area is 203 Å². The van der Waals surface area contributed by atoms with E-state index in [0.29, 0.717) is 6.42 Å². The summed E-state index contributed by atoms with van der Waals surface area (Å²) in [5.41, 5.74) is 5.04. The number of nitrogens with two attached hydrogens (primary N) is 1. The third kappa shape index (κ3) is 7.25. The van der Waals surface area contributed by atoms with Gasteiger partial charge in [0.1, 0.15) is 23.8 Å². The lowest BCUT2D eigenvalue weighted by Crippen LogP contribution is -2.37. The van der Waals surface area contributed by atoms with Crippen LogP contribution in [0.5, 0.6) is 5.75 Å². The van der Waals surface area contributed by atoms with Crippen LogP contribution in [0.3, 0.4) is 0 Å². The summed E-state index contributed by atoms with van der Waals surface area (Å²) in [5.74, 6) is -0.330. The average Bonchev–Trinajstić information content (AvgIpc) is 3.16. The van der Waals surface area contributed by atoms with E-state index in [0.717, 1.165) is 0 Å². The average molecular weight is 506 g/mol. The summed E-state index contributed by atoms with van der Waals surface area (Å²) in [6.07, 6.45) is 1.84. The Morgan fingerprint density at radius 3 is 2.71 bits per heavy atom. The van der Waals surface area contributed by atoms with Gasteiger partial charge in [0.05, 0.1) is 18.8 Å². The molecule has 0 amide bonds. The van der Waals surface area contributed by atoms with Gasteiger partial charge < -0.3 is 19.7 Å². The molecule has 3 rings (SSSR count). The maximum atomic E-state index is 13.7. The number of para-hydroxylation sites is 1. The van der Waals surface area contributed by atoms with E-state index >= 15 is 0 Å². The number of rotatable bonds is 11. The molecule has 2 heterocycles. The first kappa shape index (κ1) is 26.6. The van der Waals surface area contributed by atoms with Gasteiger partial charge in [-0.05, 0) is 38.5 Å². The molecule has 1 fully saturated rings. The molecular weight excluding hydrogens is 475 g/mol. The van der Waals surface area contributed by atoms with Crippen LogP contribution in [0, 0.1) is 5.92 Å². The minimum Gasteiger partial charge on any atom is -0.462 e. The predicted octanol–water partition coefficient (Wildman–Crippen LogP) is 3.05. The molecule has 1 aliphatic rings. The van der Waals surface area contributed by atoms with Crippen LogP contribution in [-0.2, 0) is 23.4 Å². The van der Waals surface area contributed by atoms with Gasteiger partial charge in [-0.25, -0.2) is 14.2 Å².